The molecular weight excluding hydrogens is 359 g/mol. The van der Waals surface area contributed by atoms with Crippen molar-refractivity contribution >= 4 is 11.6 Å². The third-order valence-corrected chi connectivity index (χ3v) is 5.01. The molecule has 28 heavy (non-hydrogen) atoms. The number of amides is 1. The zero-order chi connectivity index (χ0) is 19.1. The highest BCUT2D eigenvalue weighted by Gasteiger charge is 2.27. The summed E-state index contributed by atoms with van der Waals surface area (Å²) in [4.78, 5) is 12.8. The van der Waals surface area contributed by atoms with Crippen LogP contribution < -0.4 is 5.32 Å². The molecule has 0 atom stereocenters. The van der Waals surface area contributed by atoms with Crippen LogP contribution >= 0.6 is 0 Å². The highest BCUT2D eigenvalue weighted by atomic mass is 19.1. The fourth-order valence-electron chi connectivity index (χ4n) is 3.67. The number of nitrogens with zero attached hydrogens (tertiary/aromatic N) is 5. The van der Waals surface area contributed by atoms with E-state index >= 15 is 0 Å². The van der Waals surface area contributed by atoms with Crippen LogP contribution in [0.5, 0.6) is 0 Å². The van der Waals surface area contributed by atoms with E-state index in [1.807, 2.05) is 28.8 Å². The van der Waals surface area contributed by atoms with Crippen LogP contribution in [0.1, 0.15) is 34.0 Å². The van der Waals surface area contributed by atoms with Crippen LogP contribution in [0.2, 0.25) is 0 Å². The smallest absolute Gasteiger partial charge is 0.272 e. The molecule has 0 unspecified atom stereocenters. The van der Waals surface area contributed by atoms with Gasteiger partial charge in [0, 0.05) is 17.5 Å². The second-order valence-electron chi connectivity index (χ2n) is 6.74. The van der Waals surface area contributed by atoms with Crippen molar-refractivity contribution in [2.24, 2.45) is 0 Å². The van der Waals surface area contributed by atoms with Gasteiger partial charge >= 0.3 is 0 Å². The molecule has 0 fully saturated rings. The molecule has 4 aromatic rings. The Morgan fingerprint density at radius 1 is 1.11 bits per heavy atom. The third-order valence-electron chi connectivity index (χ3n) is 5.01. The Kier molecular flexibility index (Phi) is 3.89. The van der Waals surface area contributed by atoms with E-state index in [4.69, 9.17) is 0 Å². The van der Waals surface area contributed by atoms with E-state index in [2.05, 4.69) is 20.6 Å². The maximum absolute atomic E-state index is 13.2. The number of carbonyl (C=O) groups excluding carboxylic acids is 1. The SMILES string of the molecule is O=C(NCc1nnc2ccccn12)c1nn(-c2ccc(F)cc2)c2c1CCC2. The number of hydrogen-bond donors (Lipinski definition) is 1. The number of aromatic nitrogens is 5. The molecule has 1 aromatic carbocycles. The summed E-state index contributed by atoms with van der Waals surface area (Å²) in [6.07, 6.45) is 4.50. The van der Waals surface area contributed by atoms with Gasteiger partial charge in [-0.3, -0.25) is 9.20 Å². The van der Waals surface area contributed by atoms with Gasteiger partial charge in [-0.25, -0.2) is 9.07 Å². The fourth-order valence-corrected chi connectivity index (χ4v) is 3.67. The predicted octanol–water partition coefficient (Wildman–Crippen LogP) is 2.47. The van der Waals surface area contributed by atoms with Crippen molar-refractivity contribution in [1.82, 2.24) is 29.7 Å². The van der Waals surface area contributed by atoms with Gasteiger partial charge in [0.05, 0.1) is 12.2 Å². The molecule has 1 N–H and O–H groups in total. The molecule has 0 saturated carbocycles. The normalized spacial score (nSPS) is 13.0. The summed E-state index contributed by atoms with van der Waals surface area (Å²) in [7, 11) is 0. The van der Waals surface area contributed by atoms with Crippen molar-refractivity contribution in [3.63, 3.8) is 0 Å². The van der Waals surface area contributed by atoms with E-state index in [1.165, 1.54) is 12.1 Å². The van der Waals surface area contributed by atoms with E-state index in [0.29, 0.717) is 11.5 Å². The first-order chi connectivity index (χ1) is 13.7. The molecule has 0 saturated heterocycles. The van der Waals surface area contributed by atoms with Crippen LogP contribution in [-0.2, 0) is 19.4 Å². The number of pyridine rings is 1. The number of rotatable bonds is 4. The lowest BCUT2D eigenvalue weighted by Crippen LogP contribution is -2.25. The Balaban J connectivity index is 1.42. The standard InChI is InChI=1S/C20H17FN6O/c21-13-7-9-14(10-8-13)27-16-5-3-4-15(16)19(25-27)20(28)22-12-18-24-23-17-6-1-2-11-26(17)18/h1-2,6-11H,3-5,12H2,(H,22,28). The summed E-state index contributed by atoms with van der Waals surface area (Å²) in [5, 5.41) is 15.7. The summed E-state index contributed by atoms with van der Waals surface area (Å²) >= 11 is 0. The predicted molar refractivity (Wildman–Crippen MR) is 99.7 cm³/mol. The first-order valence-corrected chi connectivity index (χ1v) is 9.14. The molecule has 8 heteroatoms. The van der Waals surface area contributed by atoms with Gasteiger partial charge in [0.25, 0.3) is 5.91 Å². The van der Waals surface area contributed by atoms with Crippen LogP contribution in [0.25, 0.3) is 11.3 Å². The average molecular weight is 376 g/mol. The number of hydrogen-bond acceptors (Lipinski definition) is 4. The van der Waals surface area contributed by atoms with Crippen molar-refractivity contribution in [1.29, 1.82) is 0 Å². The van der Waals surface area contributed by atoms with Crippen LogP contribution in [-0.4, -0.2) is 30.3 Å². The minimum Gasteiger partial charge on any atom is -0.343 e. The molecule has 3 heterocycles. The van der Waals surface area contributed by atoms with Gasteiger partial charge < -0.3 is 5.32 Å². The van der Waals surface area contributed by atoms with Gasteiger partial charge in [-0.2, -0.15) is 5.10 Å². The van der Waals surface area contributed by atoms with E-state index in [1.54, 1.807) is 16.8 Å². The molecular formula is C20H17FN6O. The molecule has 1 aliphatic carbocycles. The average Bonchev–Trinajstić information content (AvgIpc) is 3.42. The Labute approximate surface area is 159 Å². The maximum atomic E-state index is 13.2. The molecule has 1 aliphatic rings. The summed E-state index contributed by atoms with van der Waals surface area (Å²) < 4.78 is 16.8. The number of nitrogens with one attached hydrogen (secondary N) is 1. The largest absolute Gasteiger partial charge is 0.343 e. The Morgan fingerprint density at radius 3 is 2.82 bits per heavy atom. The van der Waals surface area contributed by atoms with Crippen molar-refractivity contribution in [3.05, 3.63) is 77.3 Å². The highest BCUT2D eigenvalue weighted by Crippen LogP contribution is 2.28. The van der Waals surface area contributed by atoms with Gasteiger partial charge in [0.2, 0.25) is 0 Å². The molecule has 0 radical (unpaired) electrons. The Bertz CT molecular complexity index is 1180. The van der Waals surface area contributed by atoms with Crippen LogP contribution in [0.15, 0.2) is 48.7 Å². The zero-order valence-electron chi connectivity index (χ0n) is 15.0. The van der Waals surface area contributed by atoms with Crippen LogP contribution in [0, 0.1) is 5.82 Å². The Hall–Kier alpha value is -3.55. The van der Waals surface area contributed by atoms with Gasteiger partial charge in [0.1, 0.15) is 5.82 Å². The van der Waals surface area contributed by atoms with Gasteiger partial charge in [-0.05, 0) is 55.7 Å². The number of benzene rings is 1. The first kappa shape index (κ1) is 16.6. The van der Waals surface area contributed by atoms with E-state index in [0.717, 1.165) is 41.9 Å². The molecule has 0 spiro atoms. The molecule has 3 aromatic heterocycles. The fraction of sp³-hybridized carbons (Fsp3) is 0.200. The first-order valence-electron chi connectivity index (χ1n) is 9.14. The number of halogens is 1. The van der Waals surface area contributed by atoms with E-state index in [9.17, 15) is 9.18 Å². The Morgan fingerprint density at radius 2 is 1.96 bits per heavy atom. The van der Waals surface area contributed by atoms with Crippen molar-refractivity contribution in [3.8, 4) is 5.69 Å². The van der Waals surface area contributed by atoms with Crippen molar-refractivity contribution in [2.75, 3.05) is 0 Å². The molecule has 5 rings (SSSR count). The summed E-state index contributed by atoms with van der Waals surface area (Å²) in [5.74, 6) is 0.108. The van der Waals surface area contributed by atoms with Crippen molar-refractivity contribution < 1.29 is 9.18 Å². The highest BCUT2D eigenvalue weighted by molar-refractivity contribution is 5.94. The zero-order valence-corrected chi connectivity index (χ0v) is 15.0. The minimum atomic E-state index is -0.300. The molecule has 140 valence electrons. The van der Waals surface area contributed by atoms with Crippen LogP contribution in [0.4, 0.5) is 4.39 Å². The van der Waals surface area contributed by atoms with Gasteiger partial charge in [0.15, 0.2) is 17.2 Å². The quantitative estimate of drug-likeness (QED) is 0.594. The molecule has 7 nitrogen and oxygen atoms in total. The van der Waals surface area contributed by atoms with Gasteiger partial charge in [-0.15, -0.1) is 10.2 Å². The molecule has 0 bridgehead atoms. The van der Waals surface area contributed by atoms with E-state index in [-0.39, 0.29) is 18.3 Å². The lowest BCUT2D eigenvalue weighted by molar-refractivity contribution is 0.0943. The summed E-state index contributed by atoms with van der Waals surface area (Å²) in [6.45, 7) is 0.252. The lowest BCUT2D eigenvalue weighted by Gasteiger charge is -2.05. The molecule has 0 aliphatic heterocycles. The number of fused-ring (bicyclic) bond motifs is 2. The maximum Gasteiger partial charge on any atom is 0.272 e. The van der Waals surface area contributed by atoms with E-state index < -0.39 is 0 Å². The van der Waals surface area contributed by atoms with Crippen LogP contribution in [0.3, 0.4) is 0 Å². The third kappa shape index (κ3) is 2.74. The topological polar surface area (TPSA) is 77.1 Å². The lowest BCUT2D eigenvalue weighted by atomic mass is 10.2. The number of carbonyl (C=O) groups is 1. The summed E-state index contributed by atoms with van der Waals surface area (Å²) in [6, 6.07) is 11.8. The second kappa shape index (κ2) is 6.56. The minimum absolute atomic E-state index is 0.244. The summed E-state index contributed by atoms with van der Waals surface area (Å²) in [5.41, 5.74) is 3.89. The monoisotopic (exact) mass is 376 g/mol. The second-order valence-corrected chi connectivity index (χ2v) is 6.74. The molecule has 1 amide bonds. The van der Waals surface area contributed by atoms with Gasteiger partial charge in [-0.1, -0.05) is 6.07 Å². The van der Waals surface area contributed by atoms with Crippen molar-refractivity contribution in [2.45, 2.75) is 25.8 Å².